The lowest BCUT2D eigenvalue weighted by Gasteiger charge is -2.07. The van der Waals surface area contributed by atoms with Gasteiger partial charge in [0.05, 0.1) is 17.1 Å². The maximum Gasteiger partial charge on any atom is 0.194 e. The van der Waals surface area contributed by atoms with Gasteiger partial charge in [-0.05, 0) is 23.9 Å². The van der Waals surface area contributed by atoms with Gasteiger partial charge in [-0.3, -0.25) is 9.48 Å². The predicted molar refractivity (Wildman–Crippen MR) is 63.5 cm³/mol. The van der Waals surface area contributed by atoms with Gasteiger partial charge in [-0.1, -0.05) is 0 Å². The van der Waals surface area contributed by atoms with Crippen molar-refractivity contribution < 1.29 is 4.79 Å². The molecular formula is C11H13N3OS. The highest BCUT2D eigenvalue weighted by atomic mass is 32.1. The van der Waals surface area contributed by atoms with Crippen molar-refractivity contribution in [3.05, 3.63) is 39.8 Å². The summed E-state index contributed by atoms with van der Waals surface area (Å²) in [6.07, 6.45) is 3.40. The van der Waals surface area contributed by atoms with Crippen LogP contribution in [0.2, 0.25) is 0 Å². The van der Waals surface area contributed by atoms with Crippen LogP contribution >= 0.6 is 11.3 Å². The maximum atomic E-state index is 12.1. The van der Waals surface area contributed by atoms with Crippen LogP contribution in [-0.4, -0.2) is 15.6 Å². The fraction of sp³-hybridized carbons (Fsp3) is 0.273. The lowest BCUT2D eigenvalue weighted by atomic mass is 10.0. The zero-order valence-corrected chi connectivity index (χ0v) is 9.99. The van der Waals surface area contributed by atoms with Crippen LogP contribution in [0.1, 0.15) is 26.8 Å². The third-order valence-corrected chi connectivity index (χ3v) is 3.48. The van der Waals surface area contributed by atoms with Crippen molar-refractivity contribution in [1.29, 1.82) is 0 Å². The molecule has 0 amide bonds. The number of rotatable bonds is 3. The lowest BCUT2D eigenvalue weighted by molar-refractivity contribution is 0.0965. The average molecular weight is 235 g/mol. The van der Waals surface area contributed by atoms with E-state index in [9.17, 15) is 4.79 Å². The van der Waals surface area contributed by atoms with Crippen LogP contribution in [0.4, 0.5) is 0 Å². The summed E-state index contributed by atoms with van der Waals surface area (Å²) in [5.41, 5.74) is 7.65. The summed E-state index contributed by atoms with van der Waals surface area (Å²) in [6, 6.07) is 1.31. The standard InChI is InChI=1S/C11H13N3OS/c1-7-3-4-16-11(7)10(15)9(12)8-5-13-14(2)6-8/h3-6,9H,12H2,1-2H3. The second-order valence-electron chi connectivity index (χ2n) is 3.72. The topological polar surface area (TPSA) is 60.9 Å². The van der Waals surface area contributed by atoms with Gasteiger partial charge in [0.2, 0.25) is 0 Å². The monoisotopic (exact) mass is 235 g/mol. The van der Waals surface area contributed by atoms with E-state index in [0.29, 0.717) is 0 Å². The molecule has 0 fully saturated rings. The van der Waals surface area contributed by atoms with Gasteiger partial charge in [-0.25, -0.2) is 0 Å². The van der Waals surface area contributed by atoms with Crippen LogP contribution in [0, 0.1) is 6.92 Å². The molecule has 0 saturated carbocycles. The molecule has 2 aromatic rings. The first-order valence-electron chi connectivity index (χ1n) is 4.92. The van der Waals surface area contributed by atoms with E-state index in [-0.39, 0.29) is 5.78 Å². The average Bonchev–Trinajstić information content (AvgIpc) is 2.85. The minimum atomic E-state index is -0.619. The lowest BCUT2D eigenvalue weighted by Crippen LogP contribution is -2.20. The van der Waals surface area contributed by atoms with Crippen LogP contribution in [0.3, 0.4) is 0 Å². The van der Waals surface area contributed by atoms with Crippen LogP contribution in [0.25, 0.3) is 0 Å². The molecule has 0 saturated heterocycles. The van der Waals surface area contributed by atoms with Crippen molar-refractivity contribution in [2.75, 3.05) is 0 Å². The second kappa shape index (κ2) is 4.19. The van der Waals surface area contributed by atoms with Crippen molar-refractivity contribution >= 4 is 17.1 Å². The van der Waals surface area contributed by atoms with E-state index < -0.39 is 6.04 Å². The van der Waals surface area contributed by atoms with Crippen molar-refractivity contribution in [3.63, 3.8) is 0 Å². The molecule has 1 atom stereocenters. The summed E-state index contributed by atoms with van der Waals surface area (Å²) in [5, 5.41) is 5.91. The van der Waals surface area contributed by atoms with Crippen molar-refractivity contribution in [1.82, 2.24) is 9.78 Å². The first-order valence-corrected chi connectivity index (χ1v) is 5.80. The fourth-order valence-electron chi connectivity index (χ4n) is 1.52. The molecule has 0 bridgehead atoms. The Labute approximate surface area is 97.7 Å². The Kier molecular flexibility index (Phi) is 2.89. The van der Waals surface area contributed by atoms with Crippen molar-refractivity contribution in [2.24, 2.45) is 12.8 Å². The number of hydrogen-bond donors (Lipinski definition) is 1. The zero-order valence-electron chi connectivity index (χ0n) is 9.18. The van der Waals surface area contributed by atoms with Crippen LogP contribution in [0.15, 0.2) is 23.8 Å². The van der Waals surface area contributed by atoms with E-state index >= 15 is 0 Å². The Morgan fingerprint density at radius 3 is 2.88 bits per heavy atom. The molecule has 16 heavy (non-hydrogen) atoms. The quantitative estimate of drug-likeness (QED) is 0.823. The number of ketones is 1. The molecule has 4 nitrogen and oxygen atoms in total. The molecule has 0 aliphatic rings. The summed E-state index contributed by atoms with van der Waals surface area (Å²) >= 11 is 1.43. The summed E-state index contributed by atoms with van der Waals surface area (Å²) in [5.74, 6) is -0.0412. The van der Waals surface area contributed by atoms with Crippen LogP contribution < -0.4 is 5.73 Å². The number of Topliss-reactive ketones (excluding diaryl/α,β-unsaturated/α-hetero) is 1. The van der Waals surface area contributed by atoms with Gasteiger partial charge in [0.15, 0.2) is 5.78 Å². The number of thiophene rings is 1. The van der Waals surface area contributed by atoms with Crippen LogP contribution in [-0.2, 0) is 7.05 Å². The summed E-state index contributed by atoms with van der Waals surface area (Å²) < 4.78 is 1.64. The largest absolute Gasteiger partial charge is 0.317 e. The first-order chi connectivity index (χ1) is 7.59. The smallest absolute Gasteiger partial charge is 0.194 e. The molecule has 2 heterocycles. The van der Waals surface area contributed by atoms with Gasteiger partial charge in [0.25, 0.3) is 0 Å². The molecule has 0 aromatic carbocycles. The van der Waals surface area contributed by atoms with Gasteiger partial charge in [-0.2, -0.15) is 5.10 Å². The van der Waals surface area contributed by atoms with Gasteiger partial charge in [0.1, 0.15) is 0 Å². The molecule has 0 aliphatic carbocycles. The zero-order chi connectivity index (χ0) is 11.7. The van der Waals surface area contributed by atoms with E-state index in [4.69, 9.17) is 5.73 Å². The minimum Gasteiger partial charge on any atom is -0.317 e. The molecule has 2 N–H and O–H groups in total. The molecule has 0 aliphatic heterocycles. The normalized spacial score (nSPS) is 12.7. The highest BCUT2D eigenvalue weighted by Gasteiger charge is 2.21. The Bertz CT molecular complexity index is 515. The number of nitrogens with two attached hydrogens (primary N) is 1. The number of hydrogen-bond acceptors (Lipinski definition) is 4. The van der Waals surface area contributed by atoms with Crippen molar-refractivity contribution in [3.8, 4) is 0 Å². The van der Waals surface area contributed by atoms with Gasteiger partial charge >= 0.3 is 0 Å². The SMILES string of the molecule is Cc1ccsc1C(=O)C(N)c1cnn(C)c1. The number of aryl methyl sites for hydroxylation is 2. The number of carbonyl (C=O) groups excluding carboxylic acids is 1. The third-order valence-electron chi connectivity index (χ3n) is 2.45. The molecule has 2 rings (SSSR count). The minimum absolute atomic E-state index is 0.0412. The van der Waals surface area contributed by atoms with E-state index in [1.165, 1.54) is 11.3 Å². The second-order valence-corrected chi connectivity index (χ2v) is 4.64. The third kappa shape index (κ3) is 1.91. The van der Waals surface area contributed by atoms with E-state index in [0.717, 1.165) is 16.0 Å². The summed E-state index contributed by atoms with van der Waals surface area (Å²) in [7, 11) is 1.80. The number of aromatic nitrogens is 2. The van der Waals surface area contributed by atoms with Crippen LogP contribution in [0.5, 0.6) is 0 Å². The highest BCUT2D eigenvalue weighted by molar-refractivity contribution is 7.12. The molecular weight excluding hydrogens is 222 g/mol. The van der Waals surface area contributed by atoms with E-state index in [2.05, 4.69) is 5.10 Å². The summed E-state index contributed by atoms with van der Waals surface area (Å²) in [6.45, 7) is 1.92. The molecule has 1 unspecified atom stereocenters. The molecule has 5 heteroatoms. The number of nitrogens with zero attached hydrogens (tertiary/aromatic N) is 2. The van der Waals surface area contributed by atoms with E-state index in [1.807, 2.05) is 18.4 Å². The number of carbonyl (C=O) groups is 1. The Hall–Kier alpha value is -1.46. The van der Waals surface area contributed by atoms with Gasteiger partial charge in [0, 0.05) is 18.8 Å². The van der Waals surface area contributed by atoms with E-state index in [1.54, 1.807) is 24.1 Å². The Morgan fingerprint density at radius 1 is 1.62 bits per heavy atom. The Morgan fingerprint density at radius 2 is 2.38 bits per heavy atom. The molecule has 0 spiro atoms. The predicted octanol–water partition coefficient (Wildman–Crippen LogP) is 1.67. The summed E-state index contributed by atoms with van der Waals surface area (Å²) in [4.78, 5) is 12.8. The fourth-order valence-corrected chi connectivity index (χ4v) is 2.42. The van der Waals surface area contributed by atoms with Crippen molar-refractivity contribution in [2.45, 2.75) is 13.0 Å². The van der Waals surface area contributed by atoms with Gasteiger partial charge < -0.3 is 5.73 Å². The van der Waals surface area contributed by atoms with Gasteiger partial charge in [-0.15, -0.1) is 11.3 Å². The highest BCUT2D eigenvalue weighted by Crippen LogP contribution is 2.22. The molecule has 2 aromatic heterocycles. The molecule has 84 valence electrons. The first kappa shape index (κ1) is 11.0. The maximum absolute atomic E-state index is 12.1. The Balaban J connectivity index is 2.26. The molecule has 0 radical (unpaired) electrons.